The van der Waals surface area contributed by atoms with Crippen LogP contribution in [0.5, 0.6) is 0 Å². The van der Waals surface area contributed by atoms with Crippen LogP contribution in [0.25, 0.3) is 11.0 Å². The minimum atomic E-state index is 0.729. The standard InChI is InChI=1S/C23H33BrN6O/c1-2-31-16-15-30-22-8-4-3-7-21(22)26-23(30)19-28-13-11-27(12-14-28)9-5-6-10-29-18-20(24)17-25-29/h3-4,7-8,17-18H,2,5-6,9-16,19H2,1H3. The number of hydrogen-bond donors (Lipinski definition) is 0. The fraction of sp³-hybridized carbons (Fsp3) is 0.565. The van der Waals surface area contributed by atoms with Crippen molar-refractivity contribution in [1.82, 2.24) is 29.1 Å². The third-order valence-corrected chi connectivity index (χ3v) is 6.35. The number of benzene rings is 1. The van der Waals surface area contributed by atoms with E-state index in [1.165, 1.54) is 18.5 Å². The van der Waals surface area contributed by atoms with Crippen LogP contribution in [-0.2, 0) is 24.4 Å². The molecule has 31 heavy (non-hydrogen) atoms. The summed E-state index contributed by atoms with van der Waals surface area (Å²) < 4.78 is 11.0. The lowest BCUT2D eigenvalue weighted by Gasteiger charge is -2.34. The molecule has 1 saturated heterocycles. The summed E-state index contributed by atoms with van der Waals surface area (Å²) in [4.78, 5) is 10.1. The number of halogens is 1. The van der Waals surface area contributed by atoms with E-state index >= 15 is 0 Å². The van der Waals surface area contributed by atoms with Gasteiger partial charge in [-0.25, -0.2) is 4.98 Å². The molecule has 0 spiro atoms. The largest absolute Gasteiger partial charge is 0.380 e. The van der Waals surface area contributed by atoms with E-state index in [-0.39, 0.29) is 0 Å². The molecule has 0 unspecified atom stereocenters. The van der Waals surface area contributed by atoms with Crippen LogP contribution in [0.15, 0.2) is 41.1 Å². The summed E-state index contributed by atoms with van der Waals surface area (Å²) in [6.45, 7) is 11.9. The zero-order valence-corrected chi connectivity index (χ0v) is 20.0. The summed E-state index contributed by atoms with van der Waals surface area (Å²) >= 11 is 3.45. The molecule has 0 atom stereocenters. The lowest BCUT2D eigenvalue weighted by Crippen LogP contribution is -2.46. The molecule has 0 amide bonds. The van der Waals surface area contributed by atoms with Crippen molar-refractivity contribution < 1.29 is 4.74 Å². The van der Waals surface area contributed by atoms with Crippen LogP contribution in [-0.4, -0.2) is 75.1 Å². The lowest BCUT2D eigenvalue weighted by molar-refractivity contribution is 0.119. The third-order valence-electron chi connectivity index (χ3n) is 5.94. The number of piperazine rings is 1. The van der Waals surface area contributed by atoms with E-state index in [9.17, 15) is 0 Å². The molecule has 1 aliphatic rings. The third kappa shape index (κ3) is 6.16. The molecule has 3 heterocycles. The first kappa shape index (κ1) is 22.5. The summed E-state index contributed by atoms with van der Waals surface area (Å²) in [5.41, 5.74) is 2.29. The second-order valence-electron chi connectivity index (χ2n) is 8.11. The molecular formula is C23H33BrN6O. The Morgan fingerprint density at radius 1 is 1.00 bits per heavy atom. The summed E-state index contributed by atoms with van der Waals surface area (Å²) in [6, 6.07) is 8.43. The number of fused-ring (bicyclic) bond motifs is 1. The van der Waals surface area contributed by atoms with Gasteiger partial charge in [0.25, 0.3) is 0 Å². The second-order valence-corrected chi connectivity index (χ2v) is 9.03. The number of unbranched alkanes of at least 4 members (excludes halogenated alkanes) is 1. The van der Waals surface area contributed by atoms with Gasteiger partial charge in [0.1, 0.15) is 5.82 Å². The van der Waals surface area contributed by atoms with Gasteiger partial charge in [0.05, 0.1) is 34.9 Å². The average Bonchev–Trinajstić information content (AvgIpc) is 3.35. The summed E-state index contributed by atoms with van der Waals surface area (Å²) in [7, 11) is 0. The Bertz CT molecular complexity index is 947. The number of para-hydroxylation sites is 2. The summed E-state index contributed by atoms with van der Waals surface area (Å²) in [5, 5.41) is 4.33. The van der Waals surface area contributed by atoms with E-state index in [4.69, 9.17) is 9.72 Å². The summed E-state index contributed by atoms with van der Waals surface area (Å²) in [6.07, 6.45) is 6.27. The first-order valence-electron chi connectivity index (χ1n) is 11.4. The molecule has 0 bridgehead atoms. The highest BCUT2D eigenvalue weighted by atomic mass is 79.9. The molecule has 1 fully saturated rings. The maximum atomic E-state index is 5.61. The van der Waals surface area contributed by atoms with Gasteiger partial charge in [-0.3, -0.25) is 9.58 Å². The van der Waals surface area contributed by atoms with Crippen LogP contribution in [0.3, 0.4) is 0 Å². The minimum Gasteiger partial charge on any atom is -0.380 e. The Morgan fingerprint density at radius 3 is 2.55 bits per heavy atom. The molecular weight excluding hydrogens is 456 g/mol. The van der Waals surface area contributed by atoms with Gasteiger partial charge < -0.3 is 14.2 Å². The van der Waals surface area contributed by atoms with Crippen LogP contribution in [0.4, 0.5) is 0 Å². The molecule has 4 rings (SSSR count). The van der Waals surface area contributed by atoms with Gasteiger partial charge in [-0.1, -0.05) is 12.1 Å². The Kier molecular flexibility index (Phi) is 8.13. The average molecular weight is 489 g/mol. The Balaban J connectivity index is 1.24. The molecule has 8 heteroatoms. The van der Waals surface area contributed by atoms with Crippen molar-refractivity contribution >= 4 is 27.0 Å². The normalized spacial score (nSPS) is 15.8. The van der Waals surface area contributed by atoms with Gasteiger partial charge >= 0.3 is 0 Å². The summed E-state index contributed by atoms with van der Waals surface area (Å²) in [5.74, 6) is 1.15. The van der Waals surface area contributed by atoms with E-state index in [0.29, 0.717) is 0 Å². The number of imidazole rings is 1. The minimum absolute atomic E-state index is 0.729. The topological polar surface area (TPSA) is 51.4 Å². The van der Waals surface area contributed by atoms with Gasteiger partial charge in [0.15, 0.2) is 0 Å². The number of ether oxygens (including phenoxy) is 1. The van der Waals surface area contributed by atoms with E-state index in [1.807, 2.05) is 24.0 Å². The first-order valence-corrected chi connectivity index (χ1v) is 12.2. The van der Waals surface area contributed by atoms with Gasteiger partial charge in [0.2, 0.25) is 0 Å². The molecule has 1 aromatic carbocycles. The predicted molar refractivity (Wildman–Crippen MR) is 127 cm³/mol. The van der Waals surface area contributed by atoms with E-state index < -0.39 is 0 Å². The van der Waals surface area contributed by atoms with Crippen LogP contribution < -0.4 is 0 Å². The van der Waals surface area contributed by atoms with Crippen LogP contribution in [0, 0.1) is 0 Å². The predicted octanol–water partition coefficient (Wildman–Crippen LogP) is 3.63. The molecule has 2 aromatic heterocycles. The van der Waals surface area contributed by atoms with Crippen LogP contribution >= 0.6 is 15.9 Å². The van der Waals surface area contributed by atoms with Crippen molar-refractivity contribution in [3.63, 3.8) is 0 Å². The molecule has 7 nitrogen and oxygen atoms in total. The number of hydrogen-bond acceptors (Lipinski definition) is 5. The molecule has 168 valence electrons. The quantitative estimate of drug-likeness (QED) is 0.385. The fourth-order valence-corrected chi connectivity index (χ4v) is 4.56. The van der Waals surface area contributed by atoms with Crippen molar-refractivity contribution in [2.45, 2.75) is 39.4 Å². The zero-order chi connectivity index (χ0) is 21.5. The Labute approximate surface area is 193 Å². The number of nitrogens with zero attached hydrogens (tertiary/aromatic N) is 6. The maximum absolute atomic E-state index is 5.61. The molecule has 3 aromatic rings. The van der Waals surface area contributed by atoms with Crippen molar-refractivity contribution in [1.29, 1.82) is 0 Å². The molecule has 0 aliphatic carbocycles. The first-order chi connectivity index (χ1) is 15.2. The molecule has 0 N–H and O–H groups in total. The van der Waals surface area contributed by atoms with Crippen LogP contribution in [0.2, 0.25) is 0 Å². The number of aryl methyl sites for hydroxylation is 1. The van der Waals surface area contributed by atoms with Crippen molar-refractivity contribution in [3.05, 3.63) is 47.0 Å². The zero-order valence-electron chi connectivity index (χ0n) is 18.4. The second kappa shape index (κ2) is 11.2. The highest BCUT2D eigenvalue weighted by Crippen LogP contribution is 2.18. The van der Waals surface area contributed by atoms with Gasteiger partial charge in [-0.15, -0.1) is 0 Å². The monoisotopic (exact) mass is 488 g/mol. The molecule has 0 saturated carbocycles. The molecule has 0 radical (unpaired) electrons. The number of aromatic nitrogens is 4. The number of rotatable bonds is 11. The van der Waals surface area contributed by atoms with Crippen molar-refractivity contribution in [2.75, 3.05) is 45.9 Å². The maximum Gasteiger partial charge on any atom is 0.124 e. The molecule has 1 aliphatic heterocycles. The Hall–Kier alpha value is -1.74. The Morgan fingerprint density at radius 2 is 1.77 bits per heavy atom. The van der Waals surface area contributed by atoms with Gasteiger partial charge in [-0.05, 0) is 54.4 Å². The lowest BCUT2D eigenvalue weighted by atomic mass is 10.2. The SMILES string of the molecule is CCOCCn1c(CN2CCN(CCCCn3cc(Br)cn3)CC2)nc2ccccc21. The smallest absolute Gasteiger partial charge is 0.124 e. The van der Waals surface area contributed by atoms with Gasteiger partial charge in [-0.2, -0.15) is 5.10 Å². The highest BCUT2D eigenvalue weighted by molar-refractivity contribution is 9.10. The van der Waals surface area contributed by atoms with E-state index in [1.54, 1.807) is 0 Å². The van der Waals surface area contributed by atoms with E-state index in [2.05, 4.69) is 59.7 Å². The van der Waals surface area contributed by atoms with E-state index in [0.717, 1.165) is 81.3 Å². The van der Waals surface area contributed by atoms with Crippen molar-refractivity contribution in [2.24, 2.45) is 0 Å². The highest BCUT2D eigenvalue weighted by Gasteiger charge is 2.19. The van der Waals surface area contributed by atoms with Crippen molar-refractivity contribution in [3.8, 4) is 0 Å². The van der Waals surface area contributed by atoms with Gasteiger partial charge in [0, 0.05) is 52.1 Å². The van der Waals surface area contributed by atoms with Crippen LogP contribution in [0.1, 0.15) is 25.6 Å². The fourth-order valence-electron chi connectivity index (χ4n) is 4.24.